The van der Waals surface area contributed by atoms with Crippen molar-refractivity contribution in [2.75, 3.05) is 21.3 Å². The molecule has 0 bridgehead atoms. The average molecular weight is 356 g/mol. The SMILES string of the molecule is CO[P+](Cl)(OC)OC.[Au]. The second-order valence-electron chi connectivity index (χ2n) is 0.978. The smallest absolute Gasteiger partial charge is 0.167 e. The Morgan fingerprint density at radius 2 is 1.22 bits per heavy atom. The first-order valence-corrected chi connectivity index (χ1v) is 4.39. The van der Waals surface area contributed by atoms with Gasteiger partial charge in [0.1, 0.15) is 0 Å². The third kappa shape index (κ3) is 4.71. The van der Waals surface area contributed by atoms with Crippen LogP contribution in [0, 0.1) is 0 Å². The molecule has 3 nitrogen and oxygen atoms in total. The second-order valence-corrected chi connectivity index (χ2v) is 4.18. The molecule has 1 radical (unpaired) electrons. The van der Waals surface area contributed by atoms with E-state index in [-0.39, 0.29) is 22.4 Å². The van der Waals surface area contributed by atoms with E-state index in [0.29, 0.717) is 0 Å². The quantitative estimate of drug-likeness (QED) is 0.570. The molecule has 0 aromatic rings. The molecule has 0 amide bonds. The van der Waals surface area contributed by atoms with E-state index >= 15 is 0 Å². The van der Waals surface area contributed by atoms with Gasteiger partial charge in [0.25, 0.3) is 0 Å². The van der Waals surface area contributed by atoms with E-state index < -0.39 is 7.30 Å². The number of halogens is 1. The van der Waals surface area contributed by atoms with E-state index in [1.807, 2.05) is 0 Å². The zero-order valence-corrected chi connectivity index (χ0v) is 9.17. The monoisotopic (exact) mass is 356 g/mol. The summed E-state index contributed by atoms with van der Waals surface area (Å²) in [5.74, 6) is 0. The fourth-order valence-corrected chi connectivity index (χ4v) is 0.671. The van der Waals surface area contributed by atoms with Gasteiger partial charge in [0, 0.05) is 22.4 Å². The van der Waals surface area contributed by atoms with Gasteiger partial charge in [-0.2, -0.15) is 13.6 Å². The molecule has 0 spiro atoms. The van der Waals surface area contributed by atoms with E-state index in [1.165, 1.54) is 21.3 Å². The molecule has 0 aliphatic rings. The largest absolute Gasteiger partial charge is 0.523 e. The third-order valence-corrected chi connectivity index (χ3v) is 3.20. The van der Waals surface area contributed by atoms with Crippen LogP contribution in [0.15, 0.2) is 0 Å². The average Bonchev–Trinajstić information content (AvgIpc) is 1.87. The molecule has 0 heterocycles. The van der Waals surface area contributed by atoms with Crippen molar-refractivity contribution >= 4 is 18.5 Å². The number of rotatable bonds is 3. The van der Waals surface area contributed by atoms with E-state index in [0.717, 1.165) is 0 Å². The molecular weight excluding hydrogens is 347 g/mol. The maximum Gasteiger partial charge on any atom is 0.523 e. The normalized spacial score (nSPS) is 10.7. The zero-order chi connectivity index (χ0) is 6.62. The van der Waals surface area contributed by atoms with Gasteiger partial charge in [-0.25, -0.2) is 0 Å². The molecule has 0 saturated heterocycles. The zero-order valence-electron chi connectivity index (χ0n) is 5.35. The van der Waals surface area contributed by atoms with Crippen molar-refractivity contribution < 1.29 is 36.0 Å². The van der Waals surface area contributed by atoms with E-state index in [2.05, 4.69) is 13.6 Å². The molecule has 0 N–H and O–H groups in total. The first-order chi connectivity index (χ1) is 3.68. The minimum Gasteiger partial charge on any atom is -0.167 e. The minimum absolute atomic E-state index is 0. The molecule has 6 heteroatoms. The summed E-state index contributed by atoms with van der Waals surface area (Å²) >= 11 is 5.54. The van der Waals surface area contributed by atoms with Crippen molar-refractivity contribution in [3.8, 4) is 0 Å². The van der Waals surface area contributed by atoms with Crippen molar-refractivity contribution in [1.29, 1.82) is 0 Å². The van der Waals surface area contributed by atoms with Gasteiger partial charge in [0.2, 0.25) is 0 Å². The van der Waals surface area contributed by atoms with Crippen molar-refractivity contribution in [1.82, 2.24) is 0 Å². The van der Waals surface area contributed by atoms with Gasteiger partial charge in [-0.05, 0) is 0 Å². The molecule has 0 fully saturated rings. The molecule has 0 rings (SSSR count). The maximum absolute atomic E-state index is 5.54. The molecule has 0 atom stereocenters. The minimum atomic E-state index is -2.44. The molecule has 0 aliphatic carbocycles. The Morgan fingerprint density at radius 3 is 1.22 bits per heavy atom. The standard InChI is InChI=1S/C3H9ClO3P.Au/c1-5-8(4,6-2)7-3;/h1-3H3;/q+1;. The Kier molecular flexibility index (Phi) is 8.76. The fourth-order valence-electron chi connectivity index (χ4n) is 0.224. The predicted octanol–water partition coefficient (Wildman–Crippen LogP) is 1.84. The van der Waals surface area contributed by atoms with Crippen LogP contribution in [0.4, 0.5) is 0 Å². The summed E-state index contributed by atoms with van der Waals surface area (Å²) < 4.78 is 14.0. The maximum atomic E-state index is 5.54. The van der Waals surface area contributed by atoms with Gasteiger partial charge in [0.15, 0.2) is 11.2 Å². The summed E-state index contributed by atoms with van der Waals surface area (Å²) in [6.07, 6.45) is 0. The van der Waals surface area contributed by atoms with Gasteiger partial charge in [-0.1, -0.05) is 0 Å². The van der Waals surface area contributed by atoms with Crippen LogP contribution >= 0.6 is 18.5 Å². The van der Waals surface area contributed by atoms with Crippen LogP contribution in [0.1, 0.15) is 0 Å². The fraction of sp³-hybridized carbons (Fsp3) is 1.00. The summed E-state index contributed by atoms with van der Waals surface area (Å²) in [7, 11) is 1.88. The van der Waals surface area contributed by atoms with Crippen molar-refractivity contribution in [2.24, 2.45) is 0 Å². The molecule has 9 heavy (non-hydrogen) atoms. The van der Waals surface area contributed by atoms with Crippen LogP contribution in [0.3, 0.4) is 0 Å². The van der Waals surface area contributed by atoms with Crippen LogP contribution < -0.4 is 0 Å². The van der Waals surface area contributed by atoms with Crippen LogP contribution in [0.25, 0.3) is 0 Å². The molecule has 61 valence electrons. The Balaban J connectivity index is 0. The summed E-state index contributed by atoms with van der Waals surface area (Å²) in [5, 5.41) is 0. The first kappa shape index (κ1) is 13.0. The Bertz CT molecular complexity index is 61.8. The molecule has 0 aliphatic heterocycles. The number of hydrogen-bond donors (Lipinski definition) is 0. The second kappa shape index (κ2) is 6.08. The summed E-state index contributed by atoms with van der Waals surface area (Å²) in [5.41, 5.74) is 0. The van der Waals surface area contributed by atoms with E-state index in [4.69, 9.17) is 11.2 Å². The van der Waals surface area contributed by atoms with Crippen molar-refractivity contribution in [2.45, 2.75) is 0 Å². The first-order valence-electron chi connectivity index (χ1n) is 1.94. The van der Waals surface area contributed by atoms with Crippen LogP contribution in [-0.2, 0) is 36.0 Å². The molecule has 0 aromatic heterocycles. The number of hydrogen-bond acceptors (Lipinski definition) is 3. The van der Waals surface area contributed by atoms with Gasteiger partial charge in [0.05, 0.1) is 21.3 Å². The van der Waals surface area contributed by atoms with Crippen LogP contribution in [0.5, 0.6) is 0 Å². The predicted molar refractivity (Wildman–Crippen MR) is 33.8 cm³/mol. The van der Waals surface area contributed by atoms with Gasteiger partial charge in [-0.15, -0.1) is 0 Å². The van der Waals surface area contributed by atoms with Crippen LogP contribution in [-0.4, -0.2) is 21.3 Å². The molecule has 0 aromatic carbocycles. The van der Waals surface area contributed by atoms with Gasteiger partial charge in [-0.3, -0.25) is 0 Å². The molecule has 0 saturated carbocycles. The van der Waals surface area contributed by atoms with Crippen LogP contribution in [0.2, 0.25) is 0 Å². The van der Waals surface area contributed by atoms with E-state index in [1.54, 1.807) is 0 Å². The van der Waals surface area contributed by atoms with Crippen molar-refractivity contribution in [3.63, 3.8) is 0 Å². The third-order valence-electron chi connectivity index (χ3n) is 0.654. The summed E-state index contributed by atoms with van der Waals surface area (Å²) in [6.45, 7) is 0. The Labute approximate surface area is 75.9 Å². The summed E-state index contributed by atoms with van der Waals surface area (Å²) in [4.78, 5) is 0. The Morgan fingerprint density at radius 1 is 1.00 bits per heavy atom. The van der Waals surface area contributed by atoms with Gasteiger partial charge < -0.3 is 0 Å². The molecular formula is C3H9AuClO3P+. The Hall–Kier alpha value is 1.34. The summed E-state index contributed by atoms with van der Waals surface area (Å²) in [6, 6.07) is 0. The van der Waals surface area contributed by atoms with Gasteiger partial charge >= 0.3 is 7.30 Å². The van der Waals surface area contributed by atoms with Crippen molar-refractivity contribution in [3.05, 3.63) is 0 Å². The topological polar surface area (TPSA) is 27.7 Å². The van der Waals surface area contributed by atoms with E-state index in [9.17, 15) is 0 Å². The molecule has 0 unspecified atom stereocenters.